The van der Waals surface area contributed by atoms with Crippen molar-refractivity contribution in [2.75, 3.05) is 5.32 Å². The third-order valence-corrected chi connectivity index (χ3v) is 3.44. The summed E-state index contributed by atoms with van der Waals surface area (Å²) in [6.45, 7) is 1.61. The van der Waals surface area contributed by atoms with Gasteiger partial charge in [0.25, 0.3) is 5.69 Å². The molecule has 0 bridgehead atoms. The Kier molecular flexibility index (Phi) is 5.88. The summed E-state index contributed by atoms with van der Waals surface area (Å²) in [6.07, 6.45) is -4.45. The molecule has 136 valence electrons. The summed E-state index contributed by atoms with van der Waals surface area (Å²) in [5.74, 6) is 0. The van der Waals surface area contributed by atoms with E-state index in [-0.39, 0.29) is 16.5 Å². The fraction of sp³-hybridized carbons (Fsp3) is 0.125. The van der Waals surface area contributed by atoms with Gasteiger partial charge in [0.2, 0.25) is 0 Å². The van der Waals surface area contributed by atoms with Crippen molar-refractivity contribution in [3.63, 3.8) is 0 Å². The van der Waals surface area contributed by atoms with Crippen molar-refractivity contribution < 1.29 is 18.1 Å². The van der Waals surface area contributed by atoms with Gasteiger partial charge in [-0.2, -0.15) is 18.3 Å². The minimum atomic E-state index is -4.45. The van der Waals surface area contributed by atoms with E-state index in [2.05, 4.69) is 15.8 Å². The second kappa shape index (κ2) is 7.91. The Hall–Kier alpha value is -3.01. The lowest BCUT2D eigenvalue weighted by molar-refractivity contribution is -0.384. The number of hydrazone groups is 1. The Morgan fingerprint density at radius 1 is 1.19 bits per heavy atom. The number of rotatable bonds is 4. The quantitative estimate of drug-likeness (QED) is 0.356. The van der Waals surface area contributed by atoms with Gasteiger partial charge in [-0.15, -0.1) is 0 Å². The monoisotopic (exact) mass is 382 g/mol. The standard InChI is InChI=1S/C16H13F3N4O2S/c1-10(11-4-2-7-14(8-11)23(24)25)21-22-15(26)20-13-6-3-5-12(9-13)16(17,18)19/h2-9H,1H3,(H2,20,22,26)/b21-10+. The molecule has 2 N–H and O–H groups in total. The fourth-order valence-electron chi connectivity index (χ4n) is 1.98. The van der Waals surface area contributed by atoms with E-state index in [0.29, 0.717) is 11.3 Å². The number of halogens is 3. The van der Waals surface area contributed by atoms with Crippen LogP contribution in [-0.2, 0) is 6.18 Å². The zero-order valence-electron chi connectivity index (χ0n) is 13.4. The number of anilines is 1. The maximum Gasteiger partial charge on any atom is 0.416 e. The second-order valence-electron chi connectivity index (χ2n) is 5.15. The summed E-state index contributed by atoms with van der Waals surface area (Å²) in [6, 6.07) is 10.4. The molecule has 0 saturated heterocycles. The Labute approximate surface area is 151 Å². The molecule has 0 spiro atoms. The lowest BCUT2D eigenvalue weighted by Gasteiger charge is -2.11. The molecule has 0 radical (unpaired) electrons. The smallest absolute Gasteiger partial charge is 0.331 e. The molecule has 0 aliphatic carbocycles. The summed E-state index contributed by atoms with van der Waals surface area (Å²) in [5, 5.41) is 17.3. The molecule has 0 heterocycles. The van der Waals surface area contributed by atoms with Gasteiger partial charge >= 0.3 is 6.18 Å². The Balaban J connectivity index is 2.05. The Bertz CT molecular complexity index is 869. The number of nitro groups is 1. The highest BCUT2D eigenvalue weighted by atomic mass is 32.1. The Morgan fingerprint density at radius 3 is 2.54 bits per heavy atom. The third kappa shape index (κ3) is 5.24. The number of hydrogen-bond acceptors (Lipinski definition) is 4. The first kappa shape index (κ1) is 19.3. The van der Waals surface area contributed by atoms with Crippen LogP contribution in [0.4, 0.5) is 24.5 Å². The number of benzene rings is 2. The average molecular weight is 382 g/mol. The molecule has 6 nitrogen and oxygen atoms in total. The molecule has 0 aliphatic heterocycles. The third-order valence-electron chi connectivity index (χ3n) is 3.25. The minimum absolute atomic E-state index is 0.0193. The highest BCUT2D eigenvalue weighted by Gasteiger charge is 2.30. The average Bonchev–Trinajstić information content (AvgIpc) is 2.59. The highest BCUT2D eigenvalue weighted by molar-refractivity contribution is 7.80. The summed E-state index contributed by atoms with van der Waals surface area (Å²) in [4.78, 5) is 10.3. The molecule has 0 unspecified atom stereocenters. The number of alkyl halides is 3. The lowest BCUT2D eigenvalue weighted by Crippen LogP contribution is -2.25. The van der Waals surface area contributed by atoms with Crippen LogP contribution in [0.2, 0.25) is 0 Å². The molecule has 0 aliphatic rings. The molecule has 2 aromatic carbocycles. The molecule has 2 aromatic rings. The summed E-state index contributed by atoms with van der Waals surface area (Å²) in [7, 11) is 0. The van der Waals surface area contributed by atoms with E-state index >= 15 is 0 Å². The first-order chi connectivity index (χ1) is 12.2. The maximum atomic E-state index is 12.7. The molecule has 0 amide bonds. The number of non-ortho nitro benzene ring substituents is 1. The van der Waals surface area contributed by atoms with Gasteiger partial charge in [-0.1, -0.05) is 18.2 Å². The van der Waals surface area contributed by atoms with Crippen molar-refractivity contribution in [2.45, 2.75) is 13.1 Å². The van der Waals surface area contributed by atoms with E-state index in [1.807, 2.05) is 0 Å². The maximum absolute atomic E-state index is 12.7. The van der Waals surface area contributed by atoms with Crippen LogP contribution in [0.15, 0.2) is 53.6 Å². The molecule has 0 atom stereocenters. The highest BCUT2D eigenvalue weighted by Crippen LogP contribution is 2.30. The fourth-order valence-corrected chi connectivity index (χ4v) is 2.14. The molecular formula is C16H13F3N4O2S. The number of hydrogen-bond donors (Lipinski definition) is 2. The van der Waals surface area contributed by atoms with E-state index in [1.54, 1.807) is 13.0 Å². The van der Waals surface area contributed by atoms with Crippen molar-refractivity contribution in [3.8, 4) is 0 Å². The van der Waals surface area contributed by atoms with Crippen LogP contribution in [0.3, 0.4) is 0 Å². The van der Waals surface area contributed by atoms with E-state index in [0.717, 1.165) is 12.1 Å². The topological polar surface area (TPSA) is 79.6 Å². The van der Waals surface area contributed by atoms with Gasteiger partial charge in [-0.25, -0.2) is 0 Å². The van der Waals surface area contributed by atoms with Crippen molar-refractivity contribution in [3.05, 3.63) is 69.8 Å². The molecule has 26 heavy (non-hydrogen) atoms. The zero-order valence-corrected chi connectivity index (χ0v) is 14.2. The SMILES string of the molecule is C/C(=N\NC(=S)Nc1cccc(C(F)(F)F)c1)c1cccc([N+](=O)[O-])c1. The lowest BCUT2D eigenvalue weighted by atomic mass is 10.1. The first-order valence-corrected chi connectivity index (χ1v) is 7.61. The largest absolute Gasteiger partial charge is 0.416 e. The van der Waals surface area contributed by atoms with E-state index < -0.39 is 16.7 Å². The van der Waals surface area contributed by atoms with Crippen molar-refractivity contribution in [1.29, 1.82) is 0 Å². The van der Waals surface area contributed by atoms with Crippen LogP contribution < -0.4 is 10.7 Å². The van der Waals surface area contributed by atoms with Gasteiger partial charge < -0.3 is 5.32 Å². The summed E-state index contributed by atoms with van der Waals surface area (Å²) in [5.41, 5.74) is 2.69. The number of thiocarbonyl (C=S) groups is 1. The van der Waals surface area contributed by atoms with Crippen LogP contribution in [0.1, 0.15) is 18.1 Å². The second-order valence-corrected chi connectivity index (χ2v) is 5.56. The van der Waals surface area contributed by atoms with Gasteiger partial charge in [0.15, 0.2) is 5.11 Å². The van der Waals surface area contributed by atoms with Crippen LogP contribution in [0, 0.1) is 10.1 Å². The molecular weight excluding hydrogens is 369 g/mol. The predicted molar refractivity (Wildman–Crippen MR) is 96.1 cm³/mol. The molecule has 0 fully saturated rings. The molecule has 2 rings (SSSR count). The normalized spacial score (nSPS) is 11.8. The van der Waals surface area contributed by atoms with Crippen LogP contribution >= 0.6 is 12.2 Å². The van der Waals surface area contributed by atoms with Gasteiger partial charge in [-0.05, 0) is 37.3 Å². The minimum Gasteiger partial charge on any atom is -0.331 e. The number of nitrogens with one attached hydrogen (secondary N) is 2. The predicted octanol–water partition coefficient (Wildman–Crippen LogP) is 4.32. The number of nitrogens with zero attached hydrogens (tertiary/aromatic N) is 2. The van der Waals surface area contributed by atoms with Crippen LogP contribution in [-0.4, -0.2) is 15.7 Å². The van der Waals surface area contributed by atoms with E-state index in [1.165, 1.54) is 30.3 Å². The van der Waals surface area contributed by atoms with Crippen molar-refractivity contribution in [2.24, 2.45) is 5.10 Å². The van der Waals surface area contributed by atoms with Gasteiger partial charge in [0.1, 0.15) is 0 Å². The van der Waals surface area contributed by atoms with Gasteiger partial charge in [-0.3, -0.25) is 15.5 Å². The van der Waals surface area contributed by atoms with Crippen LogP contribution in [0.5, 0.6) is 0 Å². The van der Waals surface area contributed by atoms with Gasteiger partial charge in [0, 0.05) is 23.4 Å². The summed E-state index contributed by atoms with van der Waals surface area (Å²) < 4.78 is 38.1. The molecule has 0 saturated carbocycles. The van der Waals surface area contributed by atoms with E-state index in [4.69, 9.17) is 12.2 Å². The zero-order chi connectivity index (χ0) is 19.3. The number of nitro benzene ring substituents is 1. The molecule has 0 aromatic heterocycles. The summed E-state index contributed by atoms with van der Waals surface area (Å²) >= 11 is 4.99. The van der Waals surface area contributed by atoms with Crippen molar-refractivity contribution in [1.82, 2.24) is 5.43 Å². The van der Waals surface area contributed by atoms with Crippen molar-refractivity contribution >= 4 is 34.4 Å². The first-order valence-electron chi connectivity index (χ1n) is 7.20. The van der Waals surface area contributed by atoms with E-state index in [9.17, 15) is 23.3 Å². The molecule has 10 heteroatoms. The Morgan fingerprint density at radius 2 is 1.88 bits per heavy atom. The van der Waals surface area contributed by atoms with Gasteiger partial charge in [0.05, 0.1) is 16.2 Å². The van der Waals surface area contributed by atoms with Crippen LogP contribution in [0.25, 0.3) is 0 Å².